The van der Waals surface area contributed by atoms with Gasteiger partial charge < -0.3 is 0 Å². The Bertz CT molecular complexity index is 260. The number of unbranched alkanes of at least 4 members (excludes halogenated alkanes) is 3. The molecular weight excluding hydrogens is 200 g/mol. The lowest BCUT2D eigenvalue weighted by Gasteiger charge is -2.06. The van der Waals surface area contributed by atoms with E-state index in [-0.39, 0.29) is 0 Å². The molecule has 0 aliphatic rings. The summed E-state index contributed by atoms with van der Waals surface area (Å²) in [6, 6.07) is 0. The monoisotopic (exact) mass is 224 g/mol. The molecule has 0 bridgehead atoms. The summed E-state index contributed by atoms with van der Waals surface area (Å²) in [5.41, 5.74) is 3.22. The highest BCUT2D eigenvalue weighted by molar-refractivity contribution is 7.08. The first-order valence-corrected chi connectivity index (χ1v) is 7.22. The van der Waals surface area contributed by atoms with E-state index in [1.165, 1.54) is 38.5 Å². The van der Waals surface area contributed by atoms with E-state index in [1.54, 1.807) is 11.1 Å². The van der Waals surface area contributed by atoms with E-state index in [1.807, 2.05) is 11.3 Å². The van der Waals surface area contributed by atoms with Gasteiger partial charge in [-0.15, -0.1) is 0 Å². The topological polar surface area (TPSA) is 0 Å². The molecule has 1 rings (SSSR count). The largest absolute Gasteiger partial charge is 0.152 e. The molecule has 0 aliphatic heterocycles. The zero-order chi connectivity index (χ0) is 11.1. The van der Waals surface area contributed by atoms with E-state index in [4.69, 9.17) is 0 Å². The molecule has 1 aromatic rings. The second kappa shape index (κ2) is 7.05. The fraction of sp³-hybridized carbons (Fsp3) is 0.714. The third-order valence-electron chi connectivity index (χ3n) is 2.76. The van der Waals surface area contributed by atoms with Crippen LogP contribution >= 0.6 is 11.3 Å². The Morgan fingerprint density at radius 1 is 1.07 bits per heavy atom. The van der Waals surface area contributed by atoms with E-state index in [9.17, 15) is 0 Å². The summed E-state index contributed by atoms with van der Waals surface area (Å²) in [5.74, 6) is 0.786. The summed E-state index contributed by atoms with van der Waals surface area (Å²) in [6.45, 7) is 6.88. The van der Waals surface area contributed by atoms with Gasteiger partial charge in [0, 0.05) is 0 Å². The summed E-state index contributed by atoms with van der Waals surface area (Å²) >= 11 is 1.87. The molecule has 0 unspecified atom stereocenters. The predicted octanol–water partition coefficient (Wildman–Crippen LogP) is 5.07. The van der Waals surface area contributed by atoms with Gasteiger partial charge >= 0.3 is 0 Å². The first kappa shape index (κ1) is 12.8. The molecule has 0 nitrogen and oxygen atoms in total. The normalized spacial score (nSPS) is 11.2. The number of hydrogen-bond donors (Lipinski definition) is 0. The van der Waals surface area contributed by atoms with Crippen LogP contribution in [0.5, 0.6) is 0 Å². The standard InChI is InChI=1S/C14H24S/c1-4-5-6-7-8-13-10-15-11-14(13)9-12(2)3/h10-12H,4-9H2,1-3H3. The van der Waals surface area contributed by atoms with Crippen LogP contribution < -0.4 is 0 Å². The van der Waals surface area contributed by atoms with Gasteiger partial charge in [-0.05, 0) is 47.1 Å². The molecule has 1 heteroatoms. The van der Waals surface area contributed by atoms with Crippen LogP contribution in [0.25, 0.3) is 0 Å². The maximum absolute atomic E-state index is 2.35. The predicted molar refractivity (Wildman–Crippen MR) is 70.7 cm³/mol. The number of hydrogen-bond acceptors (Lipinski definition) is 1. The summed E-state index contributed by atoms with van der Waals surface area (Å²) < 4.78 is 0. The van der Waals surface area contributed by atoms with Crippen LogP contribution in [0.15, 0.2) is 10.8 Å². The summed E-state index contributed by atoms with van der Waals surface area (Å²) in [7, 11) is 0. The minimum atomic E-state index is 0.786. The molecule has 86 valence electrons. The SMILES string of the molecule is CCCCCCc1cscc1CC(C)C. The Morgan fingerprint density at radius 2 is 1.80 bits per heavy atom. The lowest BCUT2D eigenvalue weighted by Crippen LogP contribution is -1.96. The fourth-order valence-electron chi connectivity index (χ4n) is 1.93. The van der Waals surface area contributed by atoms with Crippen LogP contribution in [-0.2, 0) is 12.8 Å². The highest BCUT2D eigenvalue weighted by Gasteiger charge is 2.05. The van der Waals surface area contributed by atoms with Gasteiger partial charge in [-0.3, -0.25) is 0 Å². The van der Waals surface area contributed by atoms with Crippen molar-refractivity contribution < 1.29 is 0 Å². The number of thiophene rings is 1. The highest BCUT2D eigenvalue weighted by atomic mass is 32.1. The van der Waals surface area contributed by atoms with Gasteiger partial charge in [0.15, 0.2) is 0 Å². The van der Waals surface area contributed by atoms with Crippen LogP contribution in [0.1, 0.15) is 57.6 Å². The van der Waals surface area contributed by atoms with E-state index in [0.29, 0.717) is 0 Å². The highest BCUT2D eigenvalue weighted by Crippen LogP contribution is 2.21. The fourth-order valence-corrected chi connectivity index (χ4v) is 2.84. The minimum Gasteiger partial charge on any atom is -0.152 e. The maximum Gasteiger partial charge on any atom is -0.00583 e. The lowest BCUT2D eigenvalue weighted by atomic mass is 9.99. The molecule has 15 heavy (non-hydrogen) atoms. The van der Waals surface area contributed by atoms with Gasteiger partial charge in [0.05, 0.1) is 0 Å². The van der Waals surface area contributed by atoms with E-state index in [2.05, 4.69) is 31.5 Å². The molecule has 1 aromatic heterocycles. The smallest absolute Gasteiger partial charge is 0.00583 e. The third kappa shape index (κ3) is 4.83. The van der Waals surface area contributed by atoms with Gasteiger partial charge in [-0.2, -0.15) is 11.3 Å². The van der Waals surface area contributed by atoms with Gasteiger partial charge in [0.25, 0.3) is 0 Å². The minimum absolute atomic E-state index is 0.786. The van der Waals surface area contributed by atoms with Gasteiger partial charge in [-0.1, -0.05) is 40.0 Å². The van der Waals surface area contributed by atoms with E-state index in [0.717, 1.165) is 5.92 Å². The second-order valence-electron chi connectivity index (χ2n) is 4.83. The zero-order valence-corrected chi connectivity index (χ0v) is 11.2. The van der Waals surface area contributed by atoms with Crippen molar-refractivity contribution in [1.82, 2.24) is 0 Å². The van der Waals surface area contributed by atoms with Crippen molar-refractivity contribution in [1.29, 1.82) is 0 Å². The van der Waals surface area contributed by atoms with Crippen LogP contribution in [0, 0.1) is 5.92 Å². The van der Waals surface area contributed by atoms with E-state index >= 15 is 0 Å². The number of rotatable bonds is 7. The van der Waals surface area contributed by atoms with Crippen molar-refractivity contribution >= 4 is 11.3 Å². The molecule has 0 saturated heterocycles. The average molecular weight is 224 g/mol. The van der Waals surface area contributed by atoms with Crippen molar-refractivity contribution in [3.8, 4) is 0 Å². The van der Waals surface area contributed by atoms with Crippen molar-refractivity contribution in [3.63, 3.8) is 0 Å². The lowest BCUT2D eigenvalue weighted by molar-refractivity contribution is 0.634. The van der Waals surface area contributed by atoms with Crippen LogP contribution in [-0.4, -0.2) is 0 Å². The molecule has 0 aromatic carbocycles. The second-order valence-corrected chi connectivity index (χ2v) is 5.57. The first-order chi connectivity index (χ1) is 7.24. The molecule has 1 heterocycles. The van der Waals surface area contributed by atoms with Crippen molar-refractivity contribution in [2.24, 2.45) is 5.92 Å². The van der Waals surface area contributed by atoms with E-state index < -0.39 is 0 Å². The summed E-state index contributed by atoms with van der Waals surface area (Å²) in [6.07, 6.45) is 8.05. The molecule has 0 aliphatic carbocycles. The van der Waals surface area contributed by atoms with Crippen molar-refractivity contribution in [3.05, 3.63) is 21.9 Å². The van der Waals surface area contributed by atoms with Crippen LogP contribution in [0.2, 0.25) is 0 Å². The number of aryl methyl sites for hydroxylation is 1. The van der Waals surface area contributed by atoms with Gasteiger partial charge in [0.2, 0.25) is 0 Å². The Kier molecular flexibility index (Phi) is 6.00. The zero-order valence-electron chi connectivity index (χ0n) is 10.4. The Balaban J connectivity index is 2.36. The third-order valence-corrected chi connectivity index (χ3v) is 3.60. The average Bonchev–Trinajstić information content (AvgIpc) is 2.59. The quantitative estimate of drug-likeness (QED) is 0.567. The Morgan fingerprint density at radius 3 is 2.47 bits per heavy atom. The molecule has 0 atom stereocenters. The van der Waals surface area contributed by atoms with Crippen molar-refractivity contribution in [2.75, 3.05) is 0 Å². The first-order valence-electron chi connectivity index (χ1n) is 6.28. The van der Waals surface area contributed by atoms with Crippen molar-refractivity contribution in [2.45, 2.75) is 59.3 Å². The summed E-state index contributed by atoms with van der Waals surface area (Å²) in [4.78, 5) is 0. The Hall–Kier alpha value is -0.300. The molecule has 0 spiro atoms. The Labute approximate surface area is 98.7 Å². The molecule has 0 N–H and O–H groups in total. The molecular formula is C14H24S. The van der Waals surface area contributed by atoms with Gasteiger partial charge in [0.1, 0.15) is 0 Å². The molecule has 0 saturated carbocycles. The summed E-state index contributed by atoms with van der Waals surface area (Å²) in [5, 5.41) is 4.69. The molecule has 0 radical (unpaired) electrons. The van der Waals surface area contributed by atoms with Gasteiger partial charge in [-0.25, -0.2) is 0 Å². The molecule has 0 amide bonds. The molecule has 0 fully saturated rings. The van der Waals surface area contributed by atoms with Crippen LogP contribution in [0.4, 0.5) is 0 Å². The van der Waals surface area contributed by atoms with Crippen LogP contribution in [0.3, 0.4) is 0 Å². The maximum atomic E-state index is 2.35.